The highest BCUT2D eigenvalue weighted by atomic mass is 32.2. The molecule has 7 nitrogen and oxygen atoms in total. The van der Waals surface area contributed by atoms with Gasteiger partial charge in [-0.2, -0.15) is 4.31 Å². The number of hydrogen-bond donors (Lipinski definition) is 0. The molecule has 1 aliphatic carbocycles. The molecule has 0 N–H and O–H groups in total. The largest absolute Gasteiger partial charge is 0.411 e. The van der Waals surface area contributed by atoms with Gasteiger partial charge in [0.05, 0.1) is 10.1 Å². The van der Waals surface area contributed by atoms with Crippen LogP contribution in [0.4, 0.5) is 0 Å². The molecule has 1 aromatic heterocycles. The molecule has 9 heteroatoms. The van der Waals surface area contributed by atoms with E-state index in [-0.39, 0.29) is 21.8 Å². The molecule has 0 aliphatic heterocycles. The van der Waals surface area contributed by atoms with Crippen molar-refractivity contribution in [3.8, 4) is 11.5 Å². The minimum Gasteiger partial charge on any atom is -0.411 e. The summed E-state index contributed by atoms with van der Waals surface area (Å²) in [5.41, 5.74) is 0.539. The lowest BCUT2D eigenvalue weighted by Gasteiger charge is -2.18. The number of benzene rings is 1. The Morgan fingerprint density at radius 1 is 1.22 bits per heavy atom. The van der Waals surface area contributed by atoms with E-state index in [9.17, 15) is 13.2 Å². The average Bonchev–Trinajstić information content (AvgIpc) is 3.13. The summed E-state index contributed by atoms with van der Waals surface area (Å²) in [5, 5.41) is 8.24. The quantitative estimate of drug-likeness (QED) is 0.692. The van der Waals surface area contributed by atoms with Gasteiger partial charge in [-0.1, -0.05) is 38.1 Å². The summed E-state index contributed by atoms with van der Waals surface area (Å²) in [6, 6.07) is 6.49. The van der Waals surface area contributed by atoms with Gasteiger partial charge in [-0.3, -0.25) is 4.79 Å². The highest BCUT2D eigenvalue weighted by molar-refractivity contribution is 8.00. The zero-order chi connectivity index (χ0) is 19.4. The van der Waals surface area contributed by atoms with Crippen LogP contribution in [0.15, 0.2) is 38.8 Å². The van der Waals surface area contributed by atoms with Crippen LogP contribution in [0.2, 0.25) is 0 Å². The molecule has 0 saturated heterocycles. The van der Waals surface area contributed by atoms with E-state index in [1.807, 2.05) is 0 Å². The highest BCUT2D eigenvalue weighted by Gasteiger charge is 2.26. The highest BCUT2D eigenvalue weighted by Crippen LogP contribution is 2.32. The SMILES string of the molecule is CCN(CC)S(=O)(=O)c1cccc(-c2nnc(S[C@H]3CCCCC3=O)o2)c1. The van der Waals surface area contributed by atoms with Crippen molar-refractivity contribution >= 4 is 27.6 Å². The van der Waals surface area contributed by atoms with Crippen LogP contribution in [-0.2, 0) is 14.8 Å². The molecule has 0 bridgehead atoms. The van der Waals surface area contributed by atoms with Gasteiger partial charge < -0.3 is 4.42 Å². The van der Waals surface area contributed by atoms with Crippen molar-refractivity contribution in [3.05, 3.63) is 24.3 Å². The first-order valence-electron chi connectivity index (χ1n) is 9.09. The molecule has 2 aromatic rings. The Balaban J connectivity index is 1.82. The van der Waals surface area contributed by atoms with E-state index in [4.69, 9.17) is 4.42 Å². The van der Waals surface area contributed by atoms with Crippen molar-refractivity contribution in [2.75, 3.05) is 13.1 Å². The molecule has 0 radical (unpaired) electrons. The minimum absolute atomic E-state index is 0.138. The summed E-state index contributed by atoms with van der Waals surface area (Å²) in [7, 11) is -3.56. The number of hydrogen-bond acceptors (Lipinski definition) is 7. The number of aromatic nitrogens is 2. The van der Waals surface area contributed by atoms with Gasteiger partial charge in [-0.05, 0) is 31.0 Å². The van der Waals surface area contributed by atoms with E-state index >= 15 is 0 Å². The number of carbonyl (C=O) groups excluding carboxylic acids is 1. The van der Waals surface area contributed by atoms with Gasteiger partial charge in [0.15, 0.2) is 0 Å². The number of thioether (sulfide) groups is 1. The Morgan fingerprint density at radius 2 is 2.00 bits per heavy atom. The lowest BCUT2D eigenvalue weighted by Crippen LogP contribution is -2.30. The molecule has 1 saturated carbocycles. The summed E-state index contributed by atoms with van der Waals surface area (Å²) < 4.78 is 32.5. The zero-order valence-corrected chi connectivity index (χ0v) is 17.1. The van der Waals surface area contributed by atoms with E-state index in [1.54, 1.807) is 38.1 Å². The topological polar surface area (TPSA) is 93.4 Å². The molecule has 146 valence electrons. The first kappa shape index (κ1) is 20.0. The number of ketones is 1. The summed E-state index contributed by atoms with van der Waals surface area (Å²) in [6.07, 6.45) is 3.39. The predicted molar refractivity (Wildman–Crippen MR) is 103 cm³/mol. The lowest BCUT2D eigenvalue weighted by atomic mass is 9.99. The molecular weight excluding hydrogens is 386 g/mol. The van der Waals surface area contributed by atoms with Crippen molar-refractivity contribution in [1.29, 1.82) is 0 Å². The molecular formula is C18H23N3O4S2. The van der Waals surface area contributed by atoms with Crippen LogP contribution < -0.4 is 0 Å². The smallest absolute Gasteiger partial charge is 0.277 e. The lowest BCUT2D eigenvalue weighted by molar-refractivity contribution is -0.119. The van der Waals surface area contributed by atoms with Gasteiger partial charge in [0.2, 0.25) is 15.9 Å². The Hall–Kier alpha value is -1.71. The number of carbonyl (C=O) groups is 1. The van der Waals surface area contributed by atoms with Crippen LogP contribution >= 0.6 is 11.8 Å². The molecule has 27 heavy (non-hydrogen) atoms. The van der Waals surface area contributed by atoms with Gasteiger partial charge >= 0.3 is 0 Å². The second kappa shape index (κ2) is 8.53. The van der Waals surface area contributed by atoms with Gasteiger partial charge in [0.25, 0.3) is 5.22 Å². The van der Waals surface area contributed by atoms with Gasteiger partial charge in [-0.15, -0.1) is 10.2 Å². The Labute approximate surface area is 163 Å². The number of nitrogens with zero attached hydrogens (tertiary/aromatic N) is 3. The fourth-order valence-electron chi connectivity index (χ4n) is 3.07. The van der Waals surface area contributed by atoms with E-state index in [0.29, 0.717) is 30.3 Å². The van der Waals surface area contributed by atoms with E-state index in [0.717, 1.165) is 19.3 Å². The van der Waals surface area contributed by atoms with Crippen molar-refractivity contribution in [3.63, 3.8) is 0 Å². The zero-order valence-electron chi connectivity index (χ0n) is 15.4. The third-order valence-corrected chi connectivity index (χ3v) is 7.77. The fraction of sp³-hybridized carbons (Fsp3) is 0.500. The molecule has 0 unspecified atom stereocenters. The molecule has 1 atom stereocenters. The van der Waals surface area contributed by atoms with Crippen molar-refractivity contribution in [1.82, 2.24) is 14.5 Å². The maximum absolute atomic E-state index is 12.7. The predicted octanol–water partition coefficient (Wildman–Crippen LogP) is 3.37. The summed E-state index contributed by atoms with van der Waals surface area (Å²) in [5.74, 6) is 0.468. The Kier molecular flexibility index (Phi) is 6.33. The monoisotopic (exact) mass is 409 g/mol. The van der Waals surface area contributed by atoms with Crippen LogP contribution in [-0.4, -0.2) is 47.0 Å². The van der Waals surface area contributed by atoms with Crippen LogP contribution in [0.3, 0.4) is 0 Å². The molecule has 1 aromatic carbocycles. The maximum atomic E-state index is 12.7. The van der Waals surface area contributed by atoms with Gasteiger partial charge in [0, 0.05) is 25.1 Å². The Morgan fingerprint density at radius 3 is 2.70 bits per heavy atom. The molecule has 1 fully saturated rings. The van der Waals surface area contributed by atoms with E-state index in [2.05, 4.69) is 10.2 Å². The fourth-order valence-corrected chi connectivity index (χ4v) is 5.57. The molecule has 0 spiro atoms. The van der Waals surface area contributed by atoms with Crippen molar-refractivity contribution < 1.29 is 17.6 Å². The minimum atomic E-state index is -3.56. The first-order valence-corrected chi connectivity index (χ1v) is 11.4. The number of Topliss-reactive ketones (excluding diaryl/α,β-unsaturated/α-hetero) is 1. The Bertz CT molecular complexity index is 907. The van der Waals surface area contributed by atoms with Crippen LogP contribution in [0.25, 0.3) is 11.5 Å². The van der Waals surface area contributed by atoms with E-state index in [1.165, 1.54) is 16.1 Å². The van der Waals surface area contributed by atoms with Gasteiger partial charge in [-0.25, -0.2) is 8.42 Å². The molecule has 0 amide bonds. The average molecular weight is 410 g/mol. The van der Waals surface area contributed by atoms with Crippen molar-refractivity contribution in [2.45, 2.75) is 54.9 Å². The second-order valence-corrected chi connectivity index (χ2v) is 9.40. The number of rotatable bonds is 7. The molecule has 3 rings (SSSR count). The third kappa shape index (κ3) is 4.41. The maximum Gasteiger partial charge on any atom is 0.277 e. The standard InChI is InChI=1S/C18H23N3O4S2/c1-3-21(4-2)27(23,24)14-9-7-8-13(12-14)17-19-20-18(25-17)26-16-11-6-5-10-15(16)22/h7-9,12,16H,3-6,10-11H2,1-2H3/t16-/m0/s1. The van der Waals surface area contributed by atoms with Crippen LogP contribution in [0.1, 0.15) is 39.5 Å². The first-order chi connectivity index (χ1) is 13.0. The molecule has 1 aliphatic rings. The van der Waals surface area contributed by atoms with Gasteiger partial charge in [0.1, 0.15) is 5.78 Å². The second-order valence-electron chi connectivity index (χ2n) is 6.31. The van der Waals surface area contributed by atoms with Crippen LogP contribution in [0, 0.1) is 0 Å². The summed E-state index contributed by atoms with van der Waals surface area (Å²) in [6.45, 7) is 4.41. The van der Waals surface area contributed by atoms with Crippen LogP contribution in [0.5, 0.6) is 0 Å². The van der Waals surface area contributed by atoms with E-state index < -0.39 is 10.0 Å². The summed E-state index contributed by atoms with van der Waals surface area (Å²) in [4.78, 5) is 12.2. The normalized spacial score (nSPS) is 18.2. The van der Waals surface area contributed by atoms with Crippen molar-refractivity contribution in [2.24, 2.45) is 0 Å². The summed E-state index contributed by atoms with van der Waals surface area (Å²) >= 11 is 1.29. The third-order valence-electron chi connectivity index (χ3n) is 4.57. The number of sulfonamides is 1. The molecule has 1 heterocycles.